The van der Waals surface area contributed by atoms with E-state index < -0.39 is 0 Å². The standard InChI is InChI=1S/C14H20ClNO/c1-10-6-11(2)8-16(7-10)9-12-13(15)4-3-5-14(12)17/h3-5,10-11,17H,6-9H2,1-2H3. The van der Waals surface area contributed by atoms with Crippen LogP contribution in [0.15, 0.2) is 18.2 Å². The molecule has 1 aliphatic heterocycles. The van der Waals surface area contributed by atoms with Crippen LogP contribution in [0.4, 0.5) is 0 Å². The number of nitrogens with zero attached hydrogens (tertiary/aromatic N) is 1. The predicted molar refractivity (Wildman–Crippen MR) is 71.3 cm³/mol. The third-order valence-corrected chi connectivity index (χ3v) is 3.77. The van der Waals surface area contributed by atoms with Gasteiger partial charge in [-0.2, -0.15) is 0 Å². The molecule has 0 saturated carbocycles. The largest absolute Gasteiger partial charge is 0.508 e. The van der Waals surface area contributed by atoms with Gasteiger partial charge in [0.15, 0.2) is 0 Å². The number of phenolic OH excluding ortho intramolecular Hbond substituents is 1. The highest BCUT2D eigenvalue weighted by Crippen LogP contribution is 2.29. The van der Waals surface area contributed by atoms with Crippen LogP contribution in [0.3, 0.4) is 0 Å². The third kappa shape index (κ3) is 3.14. The smallest absolute Gasteiger partial charge is 0.121 e. The maximum atomic E-state index is 9.84. The second-order valence-corrected chi connectivity index (χ2v) is 5.78. The van der Waals surface area contributed by atoms with Crippen molar-refractivity contribution in [2.45, 2.75) is 26.8 Å². The molecule has 0 bridgehead atoms. The minimum absolute atomic E-state index is 0.309. The number of piperidine rings is 1. The molecular formula is C14H20ClNO. The van der Waals surface area contributed by atoms with Gasteiger partial charge in [0.25, 0.3) is 0 Å². The maximum absolute atomic E-state index is 9.84. The highest BCUT2D eigenvalue weighted by atomic mass is 35.5. The van der Waals surface area contributed by atoms with Crippen molar-refractivity contribution in [3.05, 3.63) is 28.8 Å². The van der Waals surface area contributed by atoms with Crippen LogP contribution in [0.1, 0.15) is 25.8 Å². The summed E-state index contributed by atoms with van der Waals surface area (Å²) >= 11 is 6.13. The Morgan fingerprint density at radius 3 is 2.53 bits per heavy atom. The van der Waals surface area contributed by atoms with Gasteiger partial charge in [0, 0.05) is 30.2 Å². The molecule has 3 heteroatoms. The zero-order valence-electron chi connectivity index (χ0n) is 10.5. The molecule has 0 amide bonds. The van der Waals surface area contributed by atoms with Gasteiger partial charge in [-0.25, -0.2) is 0 Å². The number of likely N-dealkylation sites (tertiary alicyclic amines) is 1. The first-order valence-corrected chi connectivity index (χ1v) is 6.62. The summed E-state index contributed by atoms with van der Waals surface area (Å²) in [6.07, 6.45) is 1.30. The molecule has 17 heavy (non-hydrogen) atoms. The Hall–Kier alpha value is -0.730. The Morgan fingerprint density at radius 2 is 1.94 bits per heavy atom. The molecule has 1 N–H and O–H groups in total. The number of rotatable bonds is 2. The van der Waals surface area contributed by atoms with Crippen LogP contribution in [0.2, 0.25) is 5.02 Å². The van der Waals surface area contributed by atoms with E-state index >= 15 is 0 Å². The van der Waals surface area contributed by atoms with Crippen molar-refractivity contribution in [1.29, 1.82) is 0 Å². The quantitative estimate of drug-likeness (QED) is 0.872. The van der Waals surface area contributed by atoms with E-state index in [1.165, 1.54) is 6.42 Å². The topological polar surface area (TPSA) is 23.5 Å². The fourth-order valence-corrected chi connectivity index (χ4v) is 3.08. The van der Waals surface area contributed by atoms with Gasteiger partial charge < -0.3 is 5.11 Å². The van der Waals surface area contributed by atoms with Gasteiger partial charge in [0.2, 0.25) is 0 Å². The molecule has 94 valence electrons. The molecule has 2 unspecified atom stereocenters. The number of hydrogen-bond donors (Lipinski definition) is 1. The van der Waals surface area contributed by atoms with Crippen molar-refractivity contribution in [3.63, 3.8) is 0 Å². The number of benzene rings is 1. The normalized spacial score (nSPS) is 26.1. The van der Waals surface area contributed by atoms with Gasteiger partial charge in [-0.3, -0.25) is 4.90 Å². The lowest BCUT2D eigenvalue weighted by atomic mass is 9.91. The van der Waals surface area contributed by atoms with E-state index in [1.54, 1.807) is 12.1 Å². The Morgan fingerprint density at radius 1 is 1.29 bits per heavy atom. The van der Waals surface area contributed by atoms with Crippen LogP contribution in [-0.2, 0) is 6.54 Å². The van der Waals surface area contributed by atoms with E-state index in [1.807, 2.05) is 6.07 Å². The van der Waals surface area contributed by atoms with Gasteiger partial charge in [0.05, 0.1) is 0 Å². The van der Waals surface area contributed by atoms with E-state index in [-0.39, 0.29) is 0 Å². The molecule has 1 fully saturated rings. The molecule has 2 rings (SSSR count). The van der Waals surface area contributed by atoms with Crippen LogP contribution in [-0.4, -0.2) is 23.1 Å². The average Bonchev–Trinajstić information content (AvgIpc) is 2.22. The molecule has 0 aliphatic carbocycles. The summed E-state index contributed by atoms with van der Waals surface area (Å²) in [5.41, 5.74) is 0.857. The molecule has 2 nitrogen and oxygen atoms in total. The van der Waals surface area contributed by atoms with Crippen LogP contribution in [0.5, 0.6) is 5.75 Å². The monoisotopic (exact) mass is 253 g/mol. The summed E-state index contributed by atoms with van der Waals surface area (Å²) in [6.45, 7) is 7.51. The Balaban J connectivity index is 2.10. The molecule has 0 aromatic heterocycles. The summed E-state index contributed by atoms with van der Waals surface area (Å²) in [7, 11) is 0. The van der Waals surface area contributed by atoms with E-state index in [0.29, 0.717) is 10.8 Å². The Kier molecular flexibility index (Phi) is 3.95. The maximum Gasteiger partial charge on any atom is 0.121 e. The van der Waals surface area contributed by atoms with E-state index in [0.717, 1.165) is 37.0 Å². The second kappa shape index (κ2) is 5.28. The van der Waals surface area contributed by atoms with Gasteiger partial charge in [0.1, 0.15) is 5.75 Å². The molecule has 1 aromatic rings. The fraction of sp³-hybridized carbons (Fsp3) is 0.571. The van der Waals surface area contributed by atoms with Crippen molar-refractivity contribution in [1.82, 2.24) is 4.90 Å². The van der Waals surface area contributed by atoms with Gasteiger partial charge in [-0.1, -0.05) is 31.5 Å². The third-order valence-electron chi connectivity index (χ3n) is 3.42. The fourth-order valence-electron chi connectivity index (χ4n) is 2.85. The lowest BCUT2D eigenvalue weighted by Gasteiger charge is -2.35. The Bertz CT molecular complexity index is 364. The zero-order valence-corrected chi connectivity index (χ0v) is 11.2. The molecular weight excluding hydrogens is 234 g/mol. The zero-order chi connectivity index (χ0) is 12.4. The molecule has 2 atom stereocenters. The van der Waals surface area contributed by atoms with Crippen LogP contribution in [0, 0.1) is 11.8 Å². The van der Waals surface area contributed by atoms with Crippen molar-refractivity contribution in [2.24, 2.45) is 11.8 Å². The summed E-state index contributed by atoms with van der Waals surface area (Å²) < 4.78 is 0. The first-order valence-electron chi connectivity index (χ1n) is 6.25. The van der Waals surface area contributed by atoms with Crippen LogP contribution < -0.4 is 0 Å². The number of halogens is 1. The molecule has 0 spiro atoms. The summed E-state index contributed by atoms with van der Waals surface area (Å²) in [4.78, 5) is 2.39. The first kappa shape index (κ1) is 12.7. The average molecular weight is 254 g/mol. The molecule has 1 aromatic carbocycles. The van der Waals surface area contributed by atoms with Crippen molar-refractivity contribution in [3.8, 4) is 5.75 Å². The number of aromatic hydroxyl groups is 1. The lowest BCUT2D eigenvalue weighted by Crippen LogP contribution is -2.38. The van der Waals surface area contributed by atoms with Gasteiger partial charge >= 0.3 is 0 Å². The van der Waals surface area contributed by atoms with Crippen molar-refractivity contribution >= 4 is 11.6 Å². The summed E-state index contributed by atoms with van der Waals surface area (Å²) in [5.74, 6) is 1.76. The van der Waals surface area contributed by atoms with Crippen molar-refractivity contribution < 1.29 is 5.11 Å². The van der Waals surface area contributed by atoms with Crippen molar-refractivity contribution in [2.75, 3.05) is 13.1 Å². The summed E-state index contributed by atoms with van der Waals surface area (Å²) in [5, 5.41) is 10.5. The van der Waals surface area contributed by atoms with Gasteiger partial charge in [-0.05, 0) is 30.4 Å². The molecule has 1 aliphatic rings. The number of phenols is 1. The SMILES string of the molecule is CC1CC(C)CN(Cc2c(O)cccc2Cl)C1. The highest BCUT2D eigenvalue weighted by Gasteiger charge is 2.22. The van der Waals surface area contributed by atoms with Crippen LogP contribution in [0.25, 0.3) is 0 Å². The van der Waals surface area contributed by atoms with Gasteiger partial charge in [-0.15, -0.1) is 0 Å². The second-order valence-electron chi connectivity index (χ2n) is 5.38. The van der Waals surface area contributed by atoms with E-state index in [2.05, 4.69) is 18.7 Å². The first-order chi connectivity index (χ1) is 8.06. The molecule has 1 heterocycles. The number of hydrogen-bond acceptors (Lipinski definition) is 2. The van der Waals surface area contributed by atoms with Crippen LogP contribution >= 0.6 is 11.6 Å². The minimum Gasteiger partial charge on any atom is -0.508 e. The molecule has 1 saturated heterocycles. The van der Waals surface area contributed by atoms with E-state index in [4.69, 9.17) is 11.6 Å². The Labute approximate surface area is 108 Å². The minimum atomic E-state index is 0.309. The summed E-state index contributed by atoms with van der Waals surface area (Å²) in [6, 6.07) is 5.33. The van der Waals surface area contributed by atoms with E-state index in [9.17, 15) is 5.11 Å². The molecule has 0 radical (unpaired) electrons. The lowest BCUT2D eigenvalue weighted by molar-refractivity contribution is 0.133. The highest BCUT2D eigenvalue weighted by molar-refractivity contribution is 6.31. The predicted octanol–water partition coefficient (Wildman–Crippen LogP) is 3.52.